The normalized spacial score (nSPS) is 23.7. The summed E-state index contributed by atoms with van der Waals surface area (Å²) in [6.07, 6.45) is 2.59. The highest BCUT2D eigenvalue weighted by atomic mass is 16.5. The molecule has 0 saturated carbocycles. The molecule has 0 radical (unpaired) electrons. The molecule has 0 aliphatic carbocycles. The molecule has 2 unspecified atom stereocenters. The highest BCUT2D eigenvalue weighted by Crippen LogP contribution is 2.34. The zero-order valence-corrected chi connectivity index (χ0v) is 11.3. The van der Waals surface area contributed by atoms with Gasteiger partial charge in [-0.05, 0) is 12.2 Å². The second-order valence-corrected chi connectivity index (χ2v) is 4.84. The molecule has 1 aliphatic heterocycles. The van der Waals surface area contributed by atoms with Gasteiger partial charge in [0, 0.05) is 11.1 Å². The van der Waals surface area contributed by atoms with E-state index in [4.69, 9.17) is 4.74 Å². The SMILES string of the molecule is N#CC1(c2ccccc2)C=CC(C(=O)c2ccccc2)O1. The van der Waals surface area contributed by atoms with E-state index in [1.165, 1.54) is 0 Å². The van der Waals surface area contributed by atoms with Crippen molar-refractivity contribution in [2.45, 2.75) is 11.7 Å². The van der Waals surface area contributed by atoms with E-state index < -0.39 is 11.7 Å². The molecule has 0 N–H and O–H groups in total. The topological polar surface area (TPSA) is 50.1 Å². The molecular weight excluding hydrogens is 262 g/mol. The molecule has 1 aliphatic rings. The minimum atomic E-state index is -1.18. The lowest BCUT2D eigenvalue weighted by Crippen LogP contribution is -2.29. The monoisotopic (exact) mass is 275 g/mol. The standard InChI is InChI=1S/C18H13NO2/c19-13-18(15-9-5-2-6-10-15)12-11-16(21-18)17(20)14-7-3-1-4-8-14/h1-12,16H. The van der Waals surface area contributed by atoms with Crippen molar-refractivity contribution in [3.8, 4) is 6.07 Å². The summed E-state index contributed by atoms with van der Waals surface area (Å²) in [6.45, 7) is 0. The first-order valence-corrected chi connectivity index (χ1v) is 6.68. The highest BCUT2D eigenvalue weighted by molar-refractivity contribution is 6.01. The fourth-order valence-electron chi connectivity index (χ4n) is 2.39. The lowest BCUT2D eigenvalue weighted by Gasteiger charge is -2.21. The second kappa shape index (κ2) is 5.35. The quantitative estimate of drug-likeness (QED) is 0.638. The summed E-state index contributed by atoms with van der Waals surface area (Å²) >= 11 is 0. The maximum atomic E-state index is 12.4. The first kappa shape index (κ1) is 13.3. The van der Waals surface area contributed by atoms with Crippen molar-refractivity contribution >= 4 is 5.78 Å². The Morgan fingerprint density at radius 1 is 1.05 bits per heavy atom. The van der Waals surface area contributed by atoms with Gasteiger partial charge >= 0.3 is 0 Å². The van der Waals surface area contributed by atoms with Crippen LogP contribution < -0.4 is 0 Å². The van der Waals surface area contributed by atoms with Gasteiger partial charge in [-0.25, -0.2) is 0 Å². The van der Waals surface area contributed by atoms with Gasteiger partial charge in [0.2, 0.25) is 0 Å². The van der Waals surface area contributed by atoms with Crippen LogP contribution in [-0.4, -0.2) is 11.9 Å². The molecule has 102 valence electrons. The third-order valence-electron chi connectivity index (χ3n) is 3.50. The predicted octanol–water partition coefficient (Wildman–Crippen LogP) is 3.24. The summed E-state index contributed by atoms with van der Waals surface area (Å²) in [5.41, 5.74) is 0.122. The van der Waals surface area contributed by atoms with Gasteiger partial charge in [0.05, 0.1) is 0 Å². The van der Waals surface area contributed by atoms with E-state index in [1.807, 2.05) is 36.4 Å². The molecule has 3 nitrogen and oxygen atoms in total. The van der Waals surface area contributed by atoms with Crippen molar-refractivity contribution in [2.75, 3.05) is 0 Å². The Balaban J connectivity index is 1.87. The number of carbonyl (C=O) groups is 1. The van der Waals surface area contributed by atoms with Crippen molar-refractivity contribution < 1.29 is 9.53 Å². The fraction of sp³-hybridized carbons (Fsp3) is 0.111. The van der Waals surface area contributed by atoms with Crippen molar-refractivity contribution in [3.05, 3.63) is 83.9 Å². The molecule has 0 aromatic heterocycles. The lowest BCUT2D eigenvalue weighted by atomic mass is 9.96. The molecule has 2 aromatic carbocycles. The Morgan fingerprint density at radius 3 is 2.29 bits per heavy atom. The smallest absolute Gasteiger partial charge is 0.199 e. The molecule has 0 saturated heterocycles. The van der Waals surface area contributed by atoms with E-state index in [9.17, 15) is 10.1 Å². The van der Waals surface area contributed by atoms with Gasteiger partial charge in [-0.2, -0.15) is 5.26 Å². The van der Waals surface area contributed by atoms with Crippen LogP contribution in [0.2, 0.25) is 0 Å². The largest absolute Gasteiger partial charge is 0.337 e. The van der Waals surface area contributed by atoms with Crippen LogP contribution in [0.3, 0.4) is 0 Å². The Bertz CT molecular complexity index is 716. The average molecular weight is 275 g/mol. The lowest BCUT2D eigenvalue weighted by molar-refractivity contribution is 0.0146. The zero-order valence-electron chi connectivity index (χ0n) is 11.3. The van der Waals surface area contributed by atoms with E-state index in [-0.39, 0.29) is 5.78 Å². The number of rotatable bonds is 3. The summed E-state index contributed by atoms with van der Waals surface area (Å²) in [6, 6.07) is 20.3. The van der Waals surface area contributed by atoms with Gasteiger partial charge < -0.3 is 4.74 Å². The molecule has 1 heterocycles. The summed E-state index contributed by atoms with van der Waals surface area (Å²) in [4.78, 5) is 12.4. The van der Waals surface area contributed by atoms with E-state index in [2.05, 4.69) is 6.07 Å². The molecule has 3 rings (SSSR count). The first-order chi connectivity index (χ1) is 10.2. The maximum Gasteiger partial charge on any atom is 0.199 e. The van der Waals surface area contributed by atoms with Crippen LogP contribution in [0.5, 0.6) is 0 Å². The Kier molecular flexibility index (Phi) is 3.39. The fourth-order valence-corrected chi connectivity index (χ4v) is 2.39. The third-order valence-corrected chi connectivity index (χ3v) is 3.50. The van der Waals surface area contributed by atoms with Gasteiger partial charge in [-0.3, -0.25) is 4.79 Å². The number of hydrogen-bond acceptors (Lipinski definition) is 3. The van der Waals surface area contributed by atoms with Gasteiger partial charge in [-0.1, -0.05) is 60.7 Å². The Morgan fingerprint density at radius 2 is 1.67 bits per heavy atom. The Labute approximate surface area is 123 Å². The molecule has 0 amide bonds. The highest BCUT2D eigenvalue weighted by Gasteiger charge is 2.40. The number of benzene rings is 2. The predicted molar refractivity (Wildman–Crippen MR) is 78.5 cm³/mol. The van der Waals surface area contributed by atoms with Crippen LogP contribution in [0.15, 0.2) is 72.8 Å². The van der Waals surface area contributed by atoms with Crippen molar-refractivity contribution in [3.63, 3.8) is 0 Å². The van der Waals surface area contributed by atoms with Gasteiger partial charge in [0.15, 0.2) is 11.4 Å². The number of carbonyl (C=O) groups excluding carboxylic acids is 1. The molecule has 0 bridgehead atoms. The number of nitriles is 1. The zero-order chi connectivity index (χ0) is 14.7. The average Bonchev–Trinajstić information content (AvgIpc) is 3.02. The number of ether oxygens (including phenoxy) is 1. The molecule has 0 fully saturated rings. The Hall–Kier alpha value is -2.70. The van der Waals surface area contributed by atoms with Crippen LogP contribution >= 0.6 is 0 Å². The molecule has 3 heteroatoms. The molecule has 21 heavy (non-hydrogen) atoms. The summed E-state index contributed by atoms with van der Waals surface area (Å²) in [7, 11) is 0. The van der Waals surface area contributed by atoms with Crippen molar-refractivity contribution in [2.24, 2.45) is 0 Å². The van der Waals surface area contributed by atoms with Crippen molar-refractivity contribution in [1.82, 2.24) is 0 Å². The minimum Gasteiger partial charge on any atom is -0.337 e. The number of nitrogens with zero attached hydrogens (tertiary/aromatic N) is 1. The second-order valence-electron chi connectivity index (χ2n) is 4.84. The number of Topliss-reactive ketones (excluding diaryl/α,β-unsaturated/α-hetero) is 1. The minimum absolute atomic E-state index is 0.139. The van der Waals surface area contributed by atoms with Crippen LogP contribution in [0.25, 0.3) is 0 Å². The van der Waals surface area contributed by atoms with E-state index in [1.54, 1.807) is 36.4 Å². The van der Waals surface area contributed by atoms with E-state index in [0.717, 1.165) is 5.56 Å². The molecule has 2 atom stereocenters. The summed E-state index contributed by atoms with van der Waals surface area (Å²) in [5.74, 6) is -0.139. The summed E-state index contributed by atoms with van der Waals surface area (Å²) < 4.78 is 5.78. The van der Waals surface area contributed by atoms with Crippen LogP contribution in [0.1, 0.15) is 15.9 Å². The van der Waals surface area contributed by atoms with Gasteiger partial charge in [-0.15, -0.1) is 0 Å². The molecule has 0 spiro atoms. The number of ketones is 1. The summed E-state index contributed by atoms with van der Waals surface area (Å²) in [5, 5.41) is 9.50. The van der Waals surface area contributed by atoms with Crippen molar-refractivity contribution in [1.29, 1.82) is 5.26 Å². The maximum absolute atomic E-state index is 12.4. The first-order valence-electron chi connectivity index (χ1n) is 6.68. The van der Waals surface area contributed by atoms with E-state index >= 15 is 0 Å². The molecular formula is C18H13NO2. The third kappa shape index (κ3) is 2.37. The van der Waals surface area contributed by atoms with Crippen LogP contribution in [0.4, 0.5) is 0 Å². The number of hydrogen-bond donors (Lipinski definition) is 0. The van der Waals surface area contributed by atoms with Crippen LogP contribution in [0, 0.1) is 11.3 Å². The van der Waals surface area contributed by atoms with E-state index in [0.29, 0.717) is 5.56 Å². The van der Waals surface area contributed by atoms with Gasteiger partial charge in [0.1, 0.15) is 12.2 Å². The van der Waals surface area contributed by atoms with Crippen LogP contribution in [-0.2, 0) is 10.3 Å². The van der Waals surface area contributed by atoms with Gasteiger partial charge in [0.25, 0.3) is 0 Å². The molecule has 2 aromatic rings.